The first-order valence-electron chi connectivity index (χ1n) is 11.5. The second kappa shape index (κ2) is 9.71. The van der Waals surface area contributed by atoms with Crippen molar-refractivity contribution < 1.29 is 4.92 Å². The summed E-state index contributed by atoms with van der Waals surface area (Å²) in [6.45, 7) is 5.48. The van der Waals surface area contributed by atoms with Crippen LogP contribution in [0.1, 0.15) is 11.1 Å². The van der Waals surface area contributed by atoms with Crippen LogP contribution in [0.5, 0.6) is 0 Å². The largest absolute Gasteiger partial charge is 0.368 e. The third-order valence-electron chi connectivity index (χ3n) is 6.21. The summed E-state index contributed by atoms with van der Waals surface area (Å²) in [6, 6.07) is 11.5. The van der Waals surface area contributed by atoms with Gasteiger partial charge in [0.25, 0.3) is 5.69 Å². The second-order valence-corrected chi connectivity index (χ2v) is 9.15. The van der Waals surface area contributed by atoms with Gasteiger partial charge < -0.3 is 19.7 Å². The molecule has 0 fully saturated rings. The fraction of sp³-hybridized carbons (Fsp3) is 0.308. The number of fused-ring (bicyclic) bond motifs is 1. The van der Waals surface area contributed by atoms with Crippen LogP contribution in [0, 0.1) is 24.0 Å². The lowest BCUT2D eigenvalue weighted by atomic mass is 10.1. The Bertz CT molecular complexity index is 1390. The number of nitro groups is 1. The maximum atomic E-state index is 11.9. The van der Waals surface area contributed by atoms with E-state index in [4.69, 9.17) is 4.98 Å². The minimum absolute atomic E-state index is 0.0418. The zero-order valence-corrected chi connectivity index (χ0v) is 21.0. The molecule has 0 unspecified atom stereocenters. The van der Waals surface area contributed by atoms with Gasteiger partial charge in [0.1, 0.15) is 5.69 Å². The van der Waals surface area contributed by atoms with Crippen LogP contribution in [0.4, 0.5) is 23.0 Å². The van der Waals surface area contributed by atoms with Gasteiger partial charge >= 0.3 is 0 Å². The Morgan fingerprint density at radius 3 is 2.57 bits per heavy atom. The van der Waals surface area contributed by atoms with Crippen LogP contribution in [-0.2, 0) is 7.05 Å². The quantitative estimate of drug-likeness (QED) is 0.287. The Labute approximate surface area is 205 Å². The molecule has 9 heteroatoms. The van der Waals surface area contributed by atoms with Crippen molar-refractivity contribution in [2.75, 3.05) is 44.4 Å². The second-order valence-electron chi connectivity index (χ2n) is 9.15. The lowest BCUT2D eigenvalue weighted by Crippen LogP contribution is -2.29. The summed E-state index contributed by atoms with van der Waals surface area (Å²) in [7, 11) is 7.85. The highest BCUT2D eigenvalue weighted by Gasteiger charge is 2.21. The molecule has 4 rings (SSSR count). The molecule has 4 aromatic rings. The molecule has 0 radical (unpaired) electrons. The molecule has 0 bridgehead atoms. The number of aromatic nitrogens is 3. The first-order valence-corrected chi connectivity index (χ1v) is 11.5. The summed E-state index contributed by atoms with van der Waals surface area (Å²) >= 11 is 0. The lowest BCUT2D eigenvalue weighted by molar-refractivity contribution is -0.384. The van der Waals surface area contributed by atoms with Gasteiger partial charge in [-0.3, -0.25) is 10.1 Å². The van der Waals surface area contributed by atoms with Gasteiger partial charge in [-0.25, -0.2) is 9.97 Å². The predicted molar refractivity (Wildman–Crippen MR) is 142 cm³/mol. The molecule has 2 heterocycles. The first kappa shape index (κ1) is 24.2. The van der Waals surface area contributed by atoms with E-state index in [-0.39, 0.29) is 10.6 Å². The smallest absolute Gasteiger partial charge is 0.294 e. The Morgan fingerprint density at radius 2 is 1.86 bits per heavy atom. The fourth-order valence-electron chi connectivity index (χ4n) is 4.25. The number of nitrogens with one attached hydrogen (secondary N) is 1. The minimum atomic E-state index is -0.345. The third-order valence-corrected chi connectivity index (χ3v) is 6.21. The van der Waals surface area contributed by atoms with E-state index in [1.807, 2.05) is 63.1 Å². The van der Waals surface area contributed by atoms with Crippen molar-refractivity contribution in [2.45, 2.75) is 13.8 Å². The molecule has 0 aliphatic rings. The highest BCUT2D eigenvalue weighted by atomic mass is 16.6. The summed E-state index contributed by atoms with van der Waals surface area (Å²) in [6.07, 6.45) is 3.77. The molecule has 182 valence electrons. The van der Waals surface area contributed by atoms with Crippen LogP contribution < -0.4 is 10.2 Å². The molecular formula is C26H31N7O2. The zero-order valence-electron chi connectivity index (χ0n) is 21.0. The third kappa shape index (κ3) is 4.95. The van der Waals surface area contributed by atoms with Crippen LogP contribution in [0.2, 0.25) is 0 Å². The molecule has 0 spiro atoms. The summed E-state index contributed by atoms with van der Waals surface area (Å²) in [4.78, 5) is 24.6. The van der Waals surface area contributed by atoms with Crippen molar-refractivity contribution in [3.05, 3.63) is 70.0 Å². The summed E-state index contributed by atoms with van der Waals surface area (Å²) in [5.74, 6) is 0.388. The Hall–Kier alpha value is -3.98. The van der Waals surface area contributed by atoms with E-state index in [0.717, 1.165) is 34.3 Å². The van der Waals surface area contributed by atoms with Crippen LogP contribution in [0.15, 0.2) is 48.8 Å². The van der Waals surface area contributed by atoms with E-state index in [1.165, 1.54) is 5.56 Å². The number of anilines is 3. The highest BCUT2D eigenvalue weighted by Crippen LogP contribution is 2.35. The fourth-order valence-corrected chi connectivity index (χ4v) is 4.25. The van der Waals surface area contributed by atoms with Crippen LogP contribution in [0.3, 0.4) is 0 Å². The zero-order chi connectivity index (χ0) is 25.3. The molecule has 0 saturated carbocycles. The topological polar surface area (TPSA) is 92.4 Å². The molecule has 0 aliphatic carbocycles. The SMILES string of the molecule is Cc1cc(N(C)CCN(C)C)c([N+](=O)[O-])cc1Nc1nccc(-c2cn(C)c3cccc(C)c23)n1. The molecule has 9 nitrogen and oxygen atoms in total. The maximum Gasteiger partial charge on any atom is 0.294 e. The van der Waals surface area contributed by atoms with Gasteiger partial charge in [0.05, 0.1) is 16.3 Å². The molecule has 2 aromatic carbocycles. The van der Waals surface area contributed by atoms with Crippen LogP contribution >= 0.6 is 0 Å². The van der Waals surface area contributed by atoms with Gasteiger partial charge in [0, 0.05) is 62.1 Å². The number of rotatable bonds is 8. The molecule has 0 saturated heterocycles. The lowest BCUT2D eigenvalue weighted by Gasteiger charge is -2.22. The number of hydrogen-bond donors (Lipinski definition) is 1. The predicted octanol–water partition coefficient (Wildman–Crippen LogP) is 4.90. The van der Waals surface area contributed by atoms with Crippen LogP contribution in [-0.4, -0.2) is 58.6 Å². The first-order chi connectivity index (χ1) is 16.7. The normalized spacial score (nSPS) is 11.3. The van der Waals surface area contributed by atoms with E-state index in [0.29, 0.717) is 23.9 Å². The monoisotopic (exact) mass is 473 g/mol. The molecule has 1 N–H and O–H groups in total. The van der Waals surface area contributed by atoms with Crippen molar-refractivity contribution in [3.8, 4) is 11.3 Å². The van der Waals surface area contributed by atoms with Gasteiger partial charge in [0.15, 0.2) is 0 Å². The van der Waals surface area contributed by atoms with Crippen molar-refractivity contribution >= 4 is 33.9 Å². The molecule has 0 aliphatic heterocycles. The van der Waals surface area contributed by atoms with Gasteiger partial charge in [0.2, 0.25) is 5.95 Å². The van der Waals surface area contributed by atoms with Crippen molar-refractivity contribution in [1.29, 1.82) is 0 Å². The Morgan fingerprint density at radius 1 is 1.09 bits per heavy atom. The van der Waals surface area contributed by atoms with E-state index < -0.39 is 0 Å². The Balaban J connectivity index is 1.69. The maximum absolute atomic E-state index is 11.9. The van der Waals surface area contributed by atoms with E-state index in [2.05, 4.69) is 40.1 Å². The number of nitrogens with zero attached hydrogens (tertiary/aromatic N) is 6. The van der Waals surface area contributed by atoms with E-state index >= 15 is 0 Å². The minimum Gasteiger partial charge on any atom is -0.368 e. The van der Waals surface area contributed by atoms with Gasteiger partial charge in [-0.05, 0) is 57.3 Å². The number of hydrogen-bond acceptors (Lipinski definition) is 7. The number of likely N-dealkylation sites (N-methyl/N-ethyl adjacent to an activating group) is 2. The number of benzene rings is 2. The van der Waals surface area contributed by atoms with Gasteiger partial charge in [-0.1, -0.05) is 12.1 Å². The van der Waals surface area contributed by atoms with E-state index in [1.54, 1.807) is 12.3 Å². The van der Waals surface area contributed by atoms with Crippen molar-refractivity contribution in [2.24, 2.45) is 7.05 Å². The molecular weight excluding hydrogens is 442 g/mol. The van der Waals surface area contributed by atoms with Crippen molar-refractivity contribution in [3.63, 3.8) is 0 Å². The standard InChI is InChI=1S/C26H31N7O2/c1-17-8-7-9-22-25(17)19(16-32(22)6)20-10-11-27-26(28-20)29-21-15-24(33(34)35)23(14-18(21)2)31(5)13-12-30(3)4/h7-11,14-16H,12-13H2,1-6H3,(H,27,28,29). The average Bonchev–Trinajstić information content (AvgIpc) is 3.16. The molecule has 2 aromatic heterocycles. The molecule has 0 atom stereocenters. The van der Waals surface area contributed by atoms with Gasteiger partial charge in [-0.2, -0.15) is 0 Å². The number of aryl methyl sites for hydroxylation is 3. The van der Waals surface area contributed by atoms with Crippen LogP contribution in [0.25, 0.3) is 22.2 Å². The number of nitro benzene ring substituents is 1. The summed E-state index contributed by atoms with van der Waals surface area (Å²) in [5, 5.41) is 16.2. The molecule has 35 heavy (non-hydrogen) atoms. The Kier molecular flexibility index (Phi) is 6.70. The summed E-state index contributed by atoms with van der Waals surface area (Å²) in [5.41, 5.74) is 6.22. The highest BCUT2D eigenvalue weighted by molar-refractivity contribution is 5.97. The van der Waals surface area contributed by atoms with Crippen molar-refractivity contribution in [1.82, 2.24) is 19.4 Å². The summed E-state index contributed by atoms with van der Waals surface area (Å²) < 4.78 is 2.09. The van der Waals surface area contributed by atoms with E-state index in [9.17, 15) is 10.1 Å². The van der Waals surface area contributed by atoms with Gasteiger partial charge in [-0.15, -0.1) is 0 Å². The molecule has 0 amide bonds. The average molecular weight is 474 g/mol.